The van der Waals surface area contributed by atoms with Crippen molar-refractivity contribution < 1.29 is 9.59 Å². The lowest BCUT2D eigenvalue weighted by Crippen LogP contribution is -2.51. The molecule has 0 unspecified atom stereocenters. The Labute approximate surface area is 184 Å². The van der Waals surface area contributed by atoms with Crippen LogP contribution in [0.4, 0.5) is 5.69 Å². The van der Waals surface area contributed by atoms with Crippen LogP contribution in [0.1, 0.15) is 5.56 Å². The van der Waals surface area contributed by atoms with Gasteiger partial charge >= 0.3 is 5.69 Å². The van der Waals surface area contributed by atoms with E-state index in [0.717, 1.165) is 10.3 Å². The highest BCUT2D eigenvalue weighted by atomic mass is 35.5. The third-order valence-electron chi connectivity index (χ3n) is 5.13. The van der Waals surface area contributed by atoms with Crippen molar-refractivity contribution in [1.82, 2.24) is 19.4 Å². The third kappa shape index (κ3) is 5.43. The zero-order valence-corrected chi connectivity index (χ0v) is 18.1. The monoisotopic (exact) mass is 445 g/mol. The molecule has 1 saturated heterocycles. The zero-order valence-electron chi connectivity index (χ0n) is 17.4. The number of aromatic nitrogens is 2. The van der Waals surface area contributed by atoms with Crippen molar-refractivity contribution in [1.29, 1.82) is 0 Å². The van der Waals surface area contributed by atoms with E-state index in [-0.39, 0.29) is 18.0 Å². The molecule has 1 aromatic carbocycles. The number of hydrogen-bond acceptors (Lipinski definition) is 5. The second-order valence-corrected chi connectivity index (χ2v) is 7.67. The minimum absolute atomic E-state index is 0.130. The highest BCUT2D eigenvalue weighted by molar-refractivity contribution is 6.30. The largest absolute Gasteiger partial charge is 0.368 e. The van der Waals surface area contributed by atoms with Crippen LogP contribution in [0.15, 0.2) is 46.1 Å². The van der Waals surface area contributed by atoms with Crippen molar-refractivity contribution in [2.24, 2.45) is 14.1 Å². The van der Waals surface area contributed by atoms with Gasteiger partial charge in [-0.15, -0.1) is 0 Å². The summed E-state index contributed by atoms with van der Waals surface area (Å²) in [5.74, 6) is -0.667. The highest BCUT2D eigenvalue weighted by Gasteiger charge is 2.21. The average Bonchev–Trinajstić information content (AvgIpc) is 2.78. The van der Waals surface area contributed by atoms with Crippen LogP contribution in [-0.2, 0) is 23.7 Å². The molecule has 0 aliphatic carbocycles. The molecule has 2 heterocycles. The molecule has 1 N–H and O–H groups in total. The number of carbonyl (C=O) groups is 2. The Morgan fingerprint density at radius 2 is 1.71 bits per heavy atom. The lowest BCUT2D eigenvalue weighted by molar-refractivity contribution is -0.132. The fourth-order valence-electron chi connectivity index (χ4n) is 3.32. The van der Waals surface area contributed by atoms with Gasteiger partial charge in [-0.2, -0.15) is 0 Å². The number of halogens is 1. The molecule has 3 rings (SSSR count). The van der Waals surface area contributed by atoms with E-state index in [1.165, 1.54) is 37.0 Å². The van der Waals surface area contributed by atoms with E-state index in [1.54, 1.807) is 4.90 Å². The number of piperazine rings is 1. The summed E-state index contributed by atoms with van der Waals surface area (Å²) >= 11 is 5.92. The van der Waals surface area contributed by atoms with Crippen molar-refractivity contribution in [3.8, 4) is 0 Å². The van der Waals surface area contributed by atoms with Crippen LogP contribution in [0.25, 0.3) is 6.08 Å². The first-order chi connectivity index (χ1) is 14.8. The van der Waals surface area contributed by atoms with Crippen LogP contribution in [0, 0.1) is 0 Å². The molecule has 1 fully saturated rings. The van der Waals surface area contributed by atoms with Crippen molar-refractivity contribution in [2.75, 3.05) is 37.6 Å². The number of aryl methyl sites for hydroxylation is 1. The van der Waals surface area contributed by atoms with Crippen LogP contribution in [0.3, 0.4) is 0 Å². The average molecular weight is 446 g/mol. The number of benzene rings is 1. The summed E-state index contributed by atoms with van der Waals surface area (Å²) < 4.78 is 2.22. The minimum Gasteiger partial charge on any atom is -0.368 e. The number of anilines is 1. The highest BCUT2D eigenvalue weighted by Crippen LogP contribution is 2.19. The third-order valence-corrected chi connectivity index (χ3v) is 5.38. The molecule has 1 aliphatic heterocycles. The molecule has 10 heteroatoms. The standard InChI is InChI=1S/C21H24ClN5O4/c1-24-14-15(20(30)25(2)21(24)31)3-8-18(28)23-13-19(29)27-11-9-26(10-12-27)17-6-4-16(22)5-7-17/h3-8,14H,9-13H2,1-2H3,(H,23,28)/b8-3+. The molecule has 1 aromatic heterocycles. The first-order valence-corrected chi connectivity index (χ1v) is 10.1. The maximum Gasteiger partial charge on any atom is 0.330 e. The molecule has 1 aliphatic rings. The molecule has 0 radical (unpaired) electrons. The Morgan fingerprint density at radius 1 is 1.06 bits per heavy atom. The summed E-state index contributed by atoms with van der Waals surface area (Å²) in [6, 6.07) is 7.57. The minimum atomic E-state index is -0.498. The Hall–Kier alpha value is -3.33. The maximum absolute atomic E-state index is 12.4. The van der Waals surface area contributed by atoms with Gasteiger partial charge in [0.15, 0.2) is 0 Å². The molecule has 0 bridgehead atoms. The predicted molar refractivity (Wildman–Crippen MR) is 119 cm³/mol. The molecule has 0 atom stereocenters. The van der Waals surface area contributed by atoms with Gasteiger partial charge in [0, 0.05) is 63.3 Å². The fourth-order valence-corrected chi connectivity index (χ4v) is 3.44. The smallest absolute Gasteiger partial charge is 0.330 e. The number of rotatable bonds is 5. The van der Waals surface area contributed by atoms with Crippen LogP contribution in [0.5, 0.6) is 0 Å². The van der Waals surface area contributed by atoms with E-state index in [0.29, 0.717) is 31.2 Å². The lowest BCUT2D eigenvalue weighted by atomic mass is 10.2. The van der Waals surface area contributed by atoms with Gasteiger partial charge in [0.05, 0.1) is 12.1 Å². The summed E-state index contributed by atoms with van der Waals surface area (Å²) in [5.41, 5.74) is 0.305. The van der Waals surface area contributed by atoms with Gasteiger partial charge in [-0.3, -0.25) is 19.0 Å². The predicted octanol–water partition coefficient (Wildman–Crippen LogP) is 0.216. The molecule has 2 aromatic rings. The molecule has 0 saturated carbocycles. The lowest BCUT2D eigenvalue weighted by Gasteiger charge is -2.36. The maximum atomic E-state index is 12.4. The van der Waals surface area contributed by atoms with Gasteiger partial charge in [-0.25, -0.2) is 4.79 Å². The zero-order chi connectivity index (χ0) is 22.5. The summed E-state index contributed by atoms with van der Waals surface area (Å²) in [4.78, 5) is 52.1. The van der Waals surface area contributed by atoms with Gasteiger partial charge < -0.3 is 19.7 Å². The van der Waals surface area contributed by atoms with E-state index in [2.05, 4.69) is 10.2 Å². The molecular formula is C21H24ClN5O4. The fraction of sp³-hybridized carbons (Fsp3) is 0.333. The quantitative estimate of drug-likeness (QED) is 0.664. The second-order valence-electron chi connectivity index (χ2n) is 7.24. The molecular weight excluding hydrogens is 422 g/mol. The van der Waals surface area contributed by atoms with E-state index < -0.39 is 17.2 Å². The first-order valence-electron chi connectivity index (χ1n) is 9.77. The van der Waals surface area contributed by atoms with Crippen molar-refractivity contribution in [2.45, 2.75) is 0 Å². The van der Waals surface area contributed by atoms with Crippen LogP contribution < -0.4 is 21.5 Å². The van der Waals surface area contributed by atoms with Crippen molar-refractivity contribution in [3.63, 3.8) is 0 Å². The summed E-state index contributed by atoms with van der Waals surface area (Å²) in [7, 11) is 2.89. The summed E-state index contributed by atoms with van der Waals surface area (Å²) in [6.45, 7) is 2.37. The summed E-state index contributed by atoms with van der Waals surface area (Å²) in [6.07, 6.45) is 3.86. The SMILES string of the molecule is Cn1cc(/C=C/C(=O)NCC(=O)N2CCN(c3ccc(Cl)cc3)CC2)c(=O)n(C)c1=O. The van der Waals surface area contributed by atoms with E-state index in [4.69, 9.17) is 11.6 Å². The molecule has 0 spiro atoms. The Balaban J connectivity index is 1.49. The Morgan fingerprint density at radius 3 is 2.35 bits per heavy atom. The molecule has 31 heavy (non-hydrogen) atoms. The van der Waals surface area contributed by atoms with E-state index in [9.17, 15) is 19.2 Å². The van der Waals surface area contributed by atoms with Crippen LogP contribution in [-0.4, -0.2) is 58.6 Å². The second kappa shape index (κ2) is 9.65. The number of amides is 2. The summed E-state index contributed by atoms with van der Waals surface area (Å²) in [5, 5.41) is 3.22. The van der Waals surface area contributed by atoms with Gasteiger partial charge in [0.1, 0.15) is 0 Å². The topological polar surface area (TPSA) is 96.7 Å². The first kappa shape index (κ1) is 22.4. The van der Waals surface area contributed by atoms with Crippen LogP contribution >= 0.6 is 11.6 Å². The number of nitrogens with one attached hydrogen (secondary N) is 1. The van der Waals surface area contributed by atoms with Gasteiger partial charge in [0.25, 0.3) is 5.56 Å². The van der Waals surface area contributed by atoms with Gasteiger partial charge in [-0.05, 0) is 30.3 Å². The van der Waals surface area contributed by atoms with Crippen LogP contribution in [0.2, 0.25) is 5.02 Å². The molecule has 2 amide bonds. The van der Waals surface area contributed by atoms with Crippen molar-refractivity contribution in [3.05, 3.63) is 68.0 Å². The number of nitrogens with zero attached hydrogens (tertiary/aromatic N) is 4. The van der Waals surface area contributed by atoms with Gasteiger partial charge in [0.2, 0.25) is 11.8 Å². The van der Waals surface area contributed by atoms with Gasteiger partial charge in [-0.1, -0.05) is 11.6 Å². The number of hydrogen-bond donors (Lipinski definition) is 1. The van der Waals surface area contributed by atoms with E-state index in [1.807, 2.05) is 24.3 Å². The molecule has 9 nitrogen and oxygen atoms in total. The van der Waals surface area contributed by atoms with E-state index >= 15 is 0 Å². The molecule has 164 valence electrons. The van der Waals surface area contributed by atoms with Crippen molar-refractivity contribution >= 4 is 35.2 Å². The Kier molecular flexibility index (Phi) is 6.96. The Bertz CT molecular complexity index is 1110. The number of carbonyl (C=O) groups excluding carboxylic acids is 2. The normalized spacial score (nSPS) is 14.2.